The summed E-state index contributed by atoms with van der Waals surface area (Å²) in [5, 5.41) is 2.67. The van der Waals surface area contributed by atoms with Crippen LogP contribution in [0.2, 0.25) is 0 Å². The Morgan fingerprint density at radius 1 is 1.03 bits per heavy atom. The molecule has 34 heavy (non-hydrogen) atoms. The largest absolute Gasteiger partial charge is 0.323 e. The molecule has 3 aromatic carbocycles. The molecule has 1 atom stereocenters. The number of thioether (sulfide) groups is 1. The molecule has 3 aromatic rings. The van der Waals surface area contributed by atoms with Crippen molar-refractivity contribution in [3.63, 3.8) is 0 Å². The molecule has 0 bridgehead atoms. The van der Waals surface area contributed by atoms with Gasteiger partial charge in [-0.3, -0.25) is 9.69 Å². The number of fused-ring (bicyclic) bond motifs is 2. The molecule has 0 aliphatic carbocycles. The minimum atomic E-state index is -1.45. The van der Waals surface area contributed by atoms with Gasteiger partial charge >= 0.3 is 6.03 Å². The summed E-state index contributed by atoms with van der Waals surface area (Å²) in [4.78, 5) is 28.6. The van der Waals surface area contributed by atoms with Crippen LogP contribution in [0.25, 0.3) is 0 Å². The summed E-state index contributed by atoms with van der Waals surface area (Å²) < 4.78 is 41.7. The summed E-state index contributed by atoms with van der Waals surface area (Å²) in [5.74, 6) is -1.30. The first-order valence-corrected chi connectivity index (χ1v) is 11.6. The van der Waals surface area contributed by atoms with E-state index in [2.05, 4.69) is 5.32 Å². The second kappa shape index (κ2) is 8.39. The monoisotopic (exact) mass is 483 g/mol. The Balaban J connectivity index is 1.52. The van der Waals surface area contributed by atoms with Crippen molar-refractivity contribution in [1.82, 2.24) is 4.90 Å². The van der Waals surface area contributed by atoms with Gasteiger partial charge in [0.25, 0.3) is 5.91 Å². The predicted octanol–water partition coefficient (Wildman–Crippen LogP) is 5.39. The van der Waals surface area contributed by atoms with Crippen molar-refractivity contribution in [2.24, 2.45) is 0 Å². The number of rotatable bonds is 3. The van der Waals surface area contributed by atoms with Crippen LogP contribution < -0.4 is 10.2 Å². The molecule has 0 radical (unpaired) electrons. The zero-order valence-electron chi connectivity index (χ0n) is 18.1. The highest BCUT2D eigenvalue weighted by Crippen LogP contribution is 2.54. The number of nitrogens with zero attached hydrogens (tertiary/aromatic N) is 2. The van der Waals surface area contributed by atoms with Crippen molar-refractivity contribution in [2.45, 2.75) is 18.3 Å². The fourth-order valence-electron chi connectivity index (χ4n) is 4.38. The average Bonchev–Trinajstić information content (AvgIpc) is 3.35. The maximum Gasteiger partial charge on any atom is 0.323 e. The third-order valence-electron chi connectivity index (χ3n) is 6.08. The normalized spacial score (nSPS) is 19.1. The topological polar surface area (TPSA) is 52.7 Å². The number of amides is 3. The van der Waals surface area contributed by atoms with Gasteiger partial charge in [0.15, 0.2) is 4.87 Å². The predicted molar refractivity (Wildman–Crippen MR) is 125 cm³/mol. The zero-order valence-corrected chi connectivity index (χ0v) is 19.0. The van der Waals surface area contributed by atoms with E-state index in [0.29, 0.717) is 28.1 Å². The lowest BCUT2D eigenvalue weighted by atomic mass is 10.1. The number of carbonyl (C=O) groups is 2. The van der Waals surface area contributed by atoms with E-state index in [1.165, 1.54) is 58.0 Å². The lowest BCUT2D eigenvalue weighted by Crippen LogP contribution is -2.51. The van der Waals surface area contributed by atoms with Crippen LogP contribution in [-0.2, 0) is 16.2 Å². The molecule has 3 amide bonds. The van der Waals surface area contributed by atoms with Gasteiger partial charge in [-0.25, -0.2) is 18.0 Å². The molecule has 174 valence electrons. The molecule has 0 saturated carbocycles. The molecule has 2 aliphatic heterocycles. The van der Waals surface area contributed by atoms with Crippen LogP contribution >= 0.6 is 11.8 Å². The SMILES string of the molecule is Cc1ccc(NC(=O)N2CCS[C@@]23C(=O)N(Cc2ccc(F)cc2)c2ccc(F)cc23)cc1F. The van der Waals surface area contributed by atoms with Crippen molar-refractivity contribution in [3.05, 3.63) is 94.8 Å². The van der Waals surface area contributed by atoms with Gasteiger partial charge in [0.1, 0.15) is 17.5 Å². The molecule has 0 unspecified atom stereocenters. The molecular formula is C25H20F3N3O2S. The lowest BCUT2D eigenvalue weighted by Gasteiger charge is -2.33. The standard InChI is InChI=1S/C25H20F3N3O2S/c1-15-2-8-19(13-21(15)28)29-24(33)31-10-11-34-25(31)20-12-18(27)7-9-22(20)30(23(25)32)14-16-3-5-17(26)6-4-16/h2-9,12-13H,10-11,14H2,1H3,(H,29,33)/t25-/m0/s1. The molecule has 5 rings (SSSR count). The van der Waals surface area contributed by atoms with Gasteiger partial charge in [-0.05, 0) is 60.5 Å². The Labute approximate surface area is 198 Å². The fourth-order valence-corrected chi connectivity index (χ4v) is 5.83. The highest BCUT2D eigenvalue weighted by Gasteiger charge is 2.59. The number of aryl methyl sites for hydroxylation is 1. The summed E-state index contributed by atoms with van der Waals surface area (Å²) in [6.45, 7) is 2.00. The molecule has 2 aliphatic rings. The minimum absolute atomic E-state index is 0.138. The number of hydrogen-bond acceptors (Lipinski definition) is 3. The summed E-state index contributed by atoms with van der Waals surface area (Å²) >= 11 is 1.25. The summed E-state index contributed by atoms with van der Waals surface area (Å²) in [6.07, 6.45) is 0. The lowest BCUT2D eigenvalue weighted by molar-refractivity contribution is -0.123. The Kier molecular flexibility index (Phi) is 5.51. The van der Waals surface area contributed by atoms with Crippen LogP contribution in [0.3, 0.4) is 0 Å². The summed E-state index contributed by atoms with van der Waals surface area (Å²) in [5.41, 5.74) is 2.26. The number of halogens is 3. The number of hydrogen-bond donors (Lipinski definition) is 1. The first-order chi connectivity index (χ1) is 16.3. The zero-order chi connectivity index (χ0) is 24.0. The minimum Gasteiger partial charge on any atom is -0.308 e. The highest BCUT2D eigenvalue weighted by atomic mass is 32.2. The Bertz CT molecular complexity index is 1300. The smallest absolute Gasteiger partial charge is 0.308 e. The Hall–Kier alpha value is -3.46. The molecule has 1 fully saturated rings. The summed E-state index contributed by atoms with van der Waals surface area (Å²) in [7, 11) is 0. The first-order valence-electron chi connectivity index (χ1n) is 10.6. The van der Waals surface area contributed by atoms with E-state index in [-0.39, 0.29) is 24.7 Å². The van der Waals surface area contributed by atoms with Crippen molar-refractivity contribution in [2.75, 3.05) is 22.5 Å². The molecule has 5 nitrogen and oxygen atoms in total. The van der Waals surface area contributed by atoms with Crippen molar-refractivity contribution in [3.8, 4) is 0 Å². The van der Waals surface area contributed by atoms with Gasteiger partial charge in [-0.2, -0.15) is 0 Å². The van der Waals surface area contributed by atoms with Crippen molar-refractivity contribution >= 4 is 35.1 Å². The number of anilines is 2. The maximum absolute atomic E-state index is 14.3. The van der Waals surface area contributed by atoms with E-state index < -0.39 is 28.4 Å². The van der Waals surface area contributed by atoms with E-state index in [1.807, 2.05) is 0 Å². The molecule has 2 heterocycles. The molecule has 1 spiro atoms. The molecule has 1 N–H and O–H groups in total. The van der Waals surface area contributed by atoms with Crippen molar-refractivity contribution in [1.29, 1.82) is 0 Å². The van der Waals surface area contributed by atoms with Crippen LogP contribution in [0.15, 0.2) is 60.7 Å². The van der Waals surface area contributed by atoms with E-state index in [9.17, 15) is 22.8 Å². The molecular weight excluding hydrogens is 463 g/mol. The van der Waals surface area contributed by atoms with Crippen LogP contribution in [0.5, 0.6) is 0 Å². The van der Waals surface area contributed by atoms with Crippen LogP contribution in [-0.4, -0.2) is 29.1 Å². The Morgan fingerprint density at radius 3 is 2.50 bits per heavy atom. The Morgan fingerprint density at radius 2 is 1.76 bits per heavy atom. The van der Waals surface area contributed by atoms with Crippen LogP contribution in [0.4, 0.5) is 29.3 Å². The number of benzene rings is 3. The summed E-state index contributed by atoms with van der Waals surface area (Å²) in [6, 6.07) is 13.6. The van der Waals surface area contributed by atoms with Crippen LogP contribution in [0, 0.1) is 24.4 Å². The molecule has 0 aromatic heterocycles. The number of urea groups is 1. The van der Waals surface area contributed by atoms with Gasteiger partial charge in [-0.1, -0.05) is 18.2 Å². The van der Waals surface area contributed by atoms with Crippen LogP contribution in [0.1, 0.15) is 16.7 Å². The second-order valence-corrected chi connectivity index (χ2v) is 9.51. The van der Waals surface area contributed by atoms with Gasteiger partial charge in [-0.15, -0.1) is 11.8 Å². The van der Waals surface area contributed by atoms with E-state index in [4.69, 9.17) is 0 Å². The molecule has 1 saturated heterocycles. The quantitative estimate of drug-likeness (QED) is 0.543. The van der Waals surface area contributed by atoms with E-state index >= 15 is 0 Å². The fraction of sp³-hybridized carbons (Fsp3) is 0.200. The van der Waals surface area contributed by atoms with Gasteiger partial charge in [0.05, 0.1) is 12.2 Å². The van der Waals surface area contributed by atoms with E-state index in [0.717, 1.165) is 0 Å². The number of nitrogens with one attached hydrogen (secondary N) is 1. The maximum atomic E-state index is 14.3. The second-order valence-electron chi connectivity index (χ2n) is 8.22. The first kappa shape index (κ1) is 22.3. The van der Waals surface area contributed by atoms with E-state index in [1.54, 1.807) is 31.2 Å². The average molecular weight is 484 g/mol. The number of carbonyl (C=O) groups excluding carboxylic acids is 2. The third kappa shape index (κ3) is 3.60. The van der Waals surface area contributed by atoms with Gasteiger partial charge < -0.3 is 10.2 Å². The highest BCUT2D eigenvalue weighted by molar-refractivity contribution is 8.01. The van der Waals surface area contributed by atoms with Gasteiger partial charge in [0.2, 0.25) is 0 Å². The van der Waals surface area contributed by atoms with Crippen molar-refractivity contribution < 1.29 is 22.8 Å². The van der Waals surface area contributed by atoms with Gasteiger partial charge in [0, 0.05) is 23.5 Å². The molecule has 9 heteroatoms. The third-order valence-corrected chi connectivity index (χ3v) is 7.50.